The van der Waals surface area contributed by atoms with E-state index in [9.17, 15) is 24.0 Å². The lowest BCUT2D eigenvalue weighted by Gasteiger charge is -2.43. The number of likely N-dealkylation sites (tertiary alicyclic amines) is 1. The Morgan fingerprint density at radius 1 is 0.788 bits per heavy atom. The largest absolute Gasteiger partial charge is 0.357 e. The van der Waals surface area contributed by atoms with Gasteiger partial charge in [0.15, 0.2) is 0 Å². The zero-order valence-electron chi connectivity index (χ0n) is 38.7. The first-order valence-corrected chi connectivity index (χ1v) is 24.9. The lowest BCUT2D eigenvalue weighted by Crippen LogP contribution is -2.53. The quantitative estimate of drug-likeness (QED) is 0.0850. The summed E-state index contributed by atoms with van der Waals surface area (Å²) in [4.78, 5) is 82.9. The van der Waals surface area contributed by atoms with Gasteiger partial charge in [-0.15, -0.1) is 0 Å². The van der Waals surface area contributed by atoms with Crippen LogP contribution in [0.5, 0.6) is 0 Å². The monoisotopic (exact) mass is 900 g/mol. The normalized spacial score (nSPS) is 20.3. The molecule has 1 unspecified atom stereocenters. The van der Waals surface area contributed by atoms with E-state index in [1.165, 1.54) is 31.2 Å². The van der Waals surface area contributed by atoms with E-state index >= 15 is 0 Å². The van der Waals surface area contributed by atoms with Crippen LogP contribution in [0.3, 0.4) is 0 Å². The van der Waals surface area contributed by atoms with Gasteiger partial charge < -0.3 is 24.9 Å². The van der Waals surface area contributed by atoms with E-state index in [-0.39, 0.29) is 36.0 Å². The summed E-state index contributed by atoms with van der Waals surface area (Å²) in [6.07, 6.45) is 23.5. The van der Waals surface area contributed by atoms with Crippen LogP contribution < -0.4 is 15.5 Å². The highest BCUT2D eigenvalue weighted by molar-refractivity contribution is 6.05. The number of carbonyl (C=O) groups excluding carboxylic acids is 5. The second kappa shape index (κ2) is 23.3. The van der Waals surface area contributed by atoms with Crippen LogP contribution >= 0.6 is 0 Å². The summed E-state index contributed by atoms with van der Waals surface area (Å²) in [7, 11) is 0. The Kier molecular flexibility index (Phi) is 16.6. The predicted molar refractivity (Wildman–Crippen MR) is 256 cm³/mol. The van der Waals surface area contributed by atoms with Gasteiger partial charge in [-0.1, -0.05) is 50.3 Å². The van der Waals surface area contributed by atoms with Gasteiger partial charge in [0.05, 0.1) is 5.56 Å². The first-order valence-electron chi connectivity index (χ1n) is 24.9. The number of hydrogen-bond acceptors (Lipinski definition) is 10. The minimum Gasteiger partial charge on any atom is -0.357 e. The molecule has 1 atom stereocenters. The molecule has 2 N–H and O–H groups in total. The third-order valence-electron chi connectivity index (χ3n) is 14.7. The van der Waals surface area contributed by atoms with Crippen LogP contribution in [0.4, 0.5) is 5.82 Å². The number of fused-ring (bicyclic) bond motifs is 1. The fourth-order valence-corrected chi connectivity index (χ4v) is 10.7. The number of piperidine rings is 3. The van der Waals surface area contributed by atoms with Crippen molar-refractivity contribution in [3.63, 3.8) is 0 Å². The molecule has 0 bridgehead atoms. The maximum Gasteiger partial charge on any atom is 0.255 e. The number of rotatable bonds is 19. The number of pyridine rings is 2. The highest BCUT2D eigenvalue weighted by atomic mass is 16.2. The molecule has 0 saturated carbocycles. The number of carbonyl (C=O) groups is 5. The Bertz CT molecular complexity index is 2140. The molecular formula is C52H69N9O5. The molecule has 2 aromatic heterocycles. The standard InChI is InChI=1S/C52H69N9O5/c62-48(19-15-40-11-9-25-53-36-40)54-26-6-5-10-39-21-28-60(29-22-39)51(65)42-16-18-47(55-37-42)59-30-23-43(24-31-59)58-34-32-57(33-35-58)27-7-3-1-2-4-12-41-13-8-14-44-45(41)38-61(52(44)66)46-17-20-49(63)56-50(46)64/h8-9,11,13-16,18-19,25,36-37,39,43,46H,1-7,10,12,17,20-24,26-35,38H2,(H,54,62)(H,56,63,64)/b19-15+. The zero-order valence-corrected chi connectivity index (χ0v) is 38.7. The first-order chi connectivity index (χ1) is 32.3. The van der Waals surface area contributed by atoms with Gasteiger partial charge in [-0.2, -0.15) is 0 Å². The van der Waals surface area contributed by atoms with Gasteiger partial charge >= 0.3 is 0 Å². The van der Waals surface area contributed by atoms with Gasteiger partial charge in [-0.05, 0) is 117 Å². The second-order valence-corrected chi connectivity index (χ2v) is 19.0. The number of amides is 5. The van der Waals surface area contributed by atoms with Crippen LogP contribution in [-0.4, -0.2) is 137 Å². The SMILES string of the molecule is O=C(/C=C/c1cccnc1)NCCCCC1CCN(C(=O)c2ccc(N3CCC(N4CCN(CCCCCCCc5cccc6c5CN(C5CCC(=O)NC5=O)C6=O)CC4)CC3)nc2)CC1. The van der Waals surface area contributed by atoms with Crippen molar-refractivity contribution in [1.82, 2.24) is 40.2 Å². The Hall–Kier alpha value is -5.47. The summed E-state index contributed by atoms with van der Waals surface area (Å²) >= 11 is 0. The Labute approximate surface area is 390 Å². The van der Waals surface area contributed by atoms with E-state index in [0.717, 1.165) is 134 Å². The molecule has 7 heterocycles. The number of anilines is 1. The molecule has 14 nitrogen and oxygen atoms in total. The minimum absolute atomic E-state index is 0.0811. The van der Waals surface area contributed by atoms with Crippen molar-refractivity contribution in [2.45, 2.75) is 115 Å². The predicted octanol–water partition coefficient (Wildman–Crippen LogP) is 5.87. The van der Waals surface area contributed by atoms with E-state index in [1.807, 2.05) is 41.3 Å². The molecule has 1 aromatic carbocycles. The van der Waals surface area contributed by atoms with Crippen molar-refractivity contribution >= 4 is 41.4 Å². The molecule has 14 heteroatoms. The highest BCUT2D eigenvalue weighted by Crippen LogP contribution is 2.31. The average molecular weight is 900 g/mol. The van der Waals surface area contributed by atoms with Gasteiger partial charge in [0, 0.05) is 108 Å². The third-order valence-corrected chi connectivity index (χ3v) is 14.7. The molecule has 0 spiro atoms. The molecule has 5 amide bonds. The first kappa shape index (κ1) is 47.0. The van der Waals surface area contributed by atoms with Crippen LogP contribution in [0, 0.1) is 5.92 Å². The summed E-state index contributed by atoms with van der Waals surface area (Å²) in [5.41, 5.74) is 4.54. The smallest absolute Gasteiger partial charge is 0.255 e. The van der Waals surface area contributed by atoms with Gasteiger partial charge in [0.1, 0.15) is 11.9 Å². The van der Waals surface area contributed by atoms with E-state index in [2.05, 4.69) is 36.4 Å². The molecular weight excluding hydrogens is 831 g/mol. The summed E-state index contributed by atoms with van der Waals surface area (Å²) in [6, 6.07) is 13.7. The Morgan fingerprint density at radius 3 is 2.35 bits per heavy atom. The Morgan fingerprint density at radius 2 is 1.59 bits per heavy atom. The number of benzene rings is 1. The number of nitrogens with zero attached hydrogens (tertiary/aromatic N) is 7. The van der Waals surface area contributed by atoms with Crippen molar-refractivity contribution in [1.29, 1.82) is 0 Å². The molecule has 5 aliphatic rings. The van der Waals surface area contributed by atoms with Gasteiger partial charge in [-0.3, -0.25) is 39.2 Å². The summed E-state index contributed by atoms with van der Waals surface area (Å²) in [5, 5.41) is 5.36. The number of aromatic nitrogens is 2. The van der Waals surface area contributed by atoms with E-state index < -0.39 is 6.04 Å². The minimum atomic E-state index is -0.572. The number of hydrogen-bond donors (Lipinski definition) is 2. The summed E-state index contributed by atoms with van der Waals surface area (Å²) in [5.74, 6) is 0.861. The molecule has 8 rings (SSSR count). The summed E-state index contributed by atoms with van der Waals surface area (Å²) < 4.78 is 0. The summed E-state index contributed by atoms with van der Waals surface area (Å²) in [6.45, 7) is 10.4. The van der Waals surface area contributed by atoms with Crippen LogP contribution in [0.25, 0.3) is 6.08 Å². The lowest BCUT2D eigenvalue weighted by molar-refractivity contribution is -0.137. The molecule has 4 fully saturated rings. The van der Waals surface area contributed by atoms with Crippen LogP contribution in [-0.2, 0) is 27.3 Å². The molecule has 5 aliphatic heterocycles. The maximum atomic E-state index is 13.4. The zero-order chi connectivity index (χ0) is 45.7. The van der Waals surface area contributed by atoms with Crippen molar-refractivity contribution in [3.8, 4) is 0 Å². The van der Waals surface area contributed by atoms with Crippen LogP contribution in [0.15, 0.2) is 67.1 Å². The van der Waals surface area contributed by atoms with E-state index in [0.29, 0.717) is 42.6 Å². The number of unbranched alkanes of at least 4 members (excludes halogenated alkanes) is 5. The number of nitrogens with one attached hydrogen (secondary N) is 2. The molecule has 66 heavy (non-hydrogen) atoms. The van der Waals surface area contributed by atoms with Gasteiger partial charge in [0.25, 0.3) is 11.8 Å². The van der Waals surface area contributed by atoms with E-state index in [1.54, 1.807) is 35.6 Å². The van der Waals surface area contributed by atoms with Crippen LogP contribution in [0.1, 0.15) is 127 Å². The molecule has 0 radical (unpaired) electrons. The Balaban J connectivity index is 0.649. The molecule has 352 valence electrons. The molecule has 3 aromatic rings. The van der Waals surface area contributed by atoms with Gasteiger partial charge in [-0.25, -0.2) is 4.98 Å². The highest BCUT2D eigenvalue weighted by Gasteiger charge is 2.39. The molecule has 4 saturated heterocycles. The van der Waals surface area contributed by atoms with Crippen molar-refractivity contribution in [2.24, 2.45) is 5.92 Å². The fourth-order valence-electron chi connectivity index (χ4n) is 10.7. The second-order valence-electron chi connectivity index (χ2n) is 19.0. The van der Waals surface area contributed by atoms with Crippen molar-refractivity contribution < 1.29 is 24.0 Å². The van der Waals surface area contributed by atoms with Crippen molar-refractivity contribution in [2.75, 3.05) is 70.3 Å². The topological polar surface area (TPSA) is 151 Å². The number of imide groups is 1. The van der Waals surface area contributed by atoms with E-state index in [4.69, 9.17) is 4.98 Å². The lowest BCUT2D eigenvalue weighted by atomic mass is 9.91. The van der Waals surface area contributed by atoms with Gasteiger partial charge in [0.2, 0.25) is 17.7 Å². The number of aryl methyl sites for hydroxylation is 1. The fraction of sp³-hybridized carbons (Fsp3) is 0.558. The molecule has 0 aliphatic carbocycles. The van der Waals surface area contributed by atoms with Crippen molar-refractivity contribution in [3.05, 3.63) is 94.9 Å². The maximum absolute atomic E-state index is 13.4. The number of piperazine rings is 1. The van der Waals surface area contributed by atoms with Crippen LogP contribution in [0.2, 0.25) is 0 Å². The average Bonchev–Trinajstić information content (AvgIpc) is 3.69. The third kappa shape index (κ3) is 12.5.